The number of nitrogens with zero attached hydrogens (tertiary/aromatic N) is 3. The molecule has 0 aliphatic heterocycles. The highest BCUT2D eigenvalue weighted by Crippen LogP contribution is 2.21. The molecular formula is C13H18N4O2S2. The Morgan fingerprint density at radius 2 is 2.05 bits per heavy atom. The maximum atomic E-state index is 12.2. The van der Waals surface area contributed by atoms with Crippen LogP contribution in [0.2, 0.25) is 0 Å². The van der Waals surface area contributed by atoms with Crippen molar-refractivity contribution in [2.45, 2.75) is 24.1 Å². The van der Waals surface area contributed by atoms with Gasteiger partial charge in [-0.05, 0) is 24.6 Å². The van der Waals surface area contributed by atoms with Gasteiger partial charge in [0.05, 0.1) is 12.2 Å². The third-order valence-corrected chi connectivity index (χ3v) is 5.92. The molecule has 0 amide bonds. The van der Waals surface area contributed by atoms with Crippen molar-refractivity contribution in [1.82, 2.24) is 14.7 Å². The van der Waals surface area contributed by atoms with Gasteiger partial charge < -0.3 is 4.90 Å². The maximum absolute atomic E-state index is 12.2. The average molecular weight is 326 g/mol. The van der Waals surface area contributed by atoms with Crippen LogP contribution in [0.5, 0.6) is 0 Å². The van der Waals surface area contributed by atoms with Gasteiger partial charge in [-0.15, -0.1) is 11.3 Å². The minimum absolute atomic E-state index is 0.144. The van der Waals surface area contributed by atoms with Crippen LogP contribution in [-0.4, -0.2) is 32.5 Å². The smallest absolute Gasteiger partial charge is 0.250 e. The van der Waals surface area contributed by atoms with Gasteiger partial charge in [-0.3, -0.25) is 0 Å². The highest BCUT2D eigenvalue weighted by Gasteiger charge is 2.16. The predicted octanol–water partition coefficient (Wildman–Crippen LogP) is 1.65. The molecule has 2 aromatic heterocycles. The normalized spacial score (nSPS) is 11.6. The Morgan fingerprint density at radius 3 is 2.67 bits per heavy atom. The summed E-state index contributed by atoms with van der Waals surface area (Å²) >= 11 is 1.29. The van der Waals surface area contributed by atoms with Gasteiger partial charge in [0.15, 0.2) is 0 Å². The van der Waals surface area contributed by atoms with Crippen molar-refractivity contribution in [3.05, 3.63) is 35.0 Å². The number of thiophene rings is 1. The van der Waals surface area contributed by atoms with Crippen LogP contribution in [0, 0.1) is 0 Å². The molecule has 21 heavy (non-hydrogen) atoms. The fraction of sp³-hybridized carbons (Fsp3) is 0.385. The number of anilines is 1. The summed E-state index contributed by atoms with van der Waals surface area (Å²) in [6.07, 6.45) is 2.45. The van der Waals surface area contributed by atoms with Crippen molar-refractivity contribution in [2.75, 3.05) is 19.0 Å². The molecule has 0 radical (unpaired) electrons. The number of aryl methyl sites for hydroxylation is 1. The molecule has 1 N–H and O–H groups in total. The molecule has 2 heterocycles. The third kappa shape index (κ3) is 3.99. The van der Waals surface area contributed by atoms with Crippen molar-refractivity contribution in [3.63, 3.8) is 0 Å². The summed E-state index contributed by atoms with van der Waals surface area (Å²) in [5, 5.41) is 0. The fourth-order valence-corrected chi connectivity index (χ4v) is 3.97. The van der Waals surface area contributed by atoms with Gasteiger partial charge in [0.25, 0.3) is 0 Å². The minimum atomic E-state index is -3.49. The lowest BCUT2D eigenvalue weighted by molar-refractivity contribution is 0.582. The van der Waals surface area contributed by atoms with Crippen molar-refractivity contribution >= 4 is 27.3 Å². The largest absolute Gasteiger partial charge is 0.347 e. The molecule has 0 fully saturated rings. The molecular weight excluding hydrogens is 308 g/mol. The third-order valence-electron chi connectivity index (χ3n) is 2.79. The summed E-state index contributed by atoms with van der Waals surface area (Å²) in [6.45, 7) is 2.14. The molecule has 0 spiro atoms. The van der Waals surface area contributed by atoms with Gasteiger partial charge >= 0.3 is 0 Å². The fourth-order valence-electron chi connectivity index (χ4n) is 1.63. The first-order valence-electron chi connectivity index (χ1n) is 6.50. The molecule has 6 nitrogen and oxygen atoms in total. The van der Waals surface area contributed by atoms with Gasteiger partial charge in [0, 0.05) is 25.2 Å². The first-order chi connectivity index (χ1) is 9.92. The summed E-state index contributed by atoms with van der Waals surface area (Å²) in [6, 6.07) is 5.17. The first-order valence-corrected chi connectivity index (χ1v) is 8.80. The predicted molar refractivity (Wildman–Crippen MR) is 84.1 cm³/mol. The van der Waals surface area contributed by atoms with E-state index in [0.717, 1.165) is 11.3 Å². The molecule has 0 saturated carbocycles. The highest BCUT2D eigenvalue weighted by molar-refractivity contribution is 7.91. The number of hydrogen-bond donors (Lipinski definition) is 1. The van der Waals surface area contributed by atoms with Crippen LogP contribution in [-0.2, 0) is 23.0 Å². The van der Waals surface area contributed by atoms with Gasteiger partial charge in [0.2, 0.25) is 16.0 Å². The second kappa shape index (κ2) is 6.50. The summed E-state index contributed by atoms with van der Waals surface area (Å²) in [4.78, 5) is 11.2. The number of sulfonamides is 1. The van der Waals surface area contributed by atoms with Crippen LogP contribution in [0.1, 0.15) is 17.5 Å². The van der Waals surface area contributed by atoms with E-state index >= 15 is 0 Å². The Labute approximate surface area is 128 Å². The Kier molecular flexibility index (Phi) is 4.92. The van der Waals surface area contributed by atoms with Crippen LogP contribution in [0.15, 0.2) is 28.6 Å². The van der Waals surface area contributed by atoms with E-state index in [9.17, 15) is 8.42 Å². The Morgan fingerprint density at radius 1 is 1.29 bits per heavy atom. The van der Waals surface area contributed by atoms with E-state index < -0.39 is 10.0 Å². The Balaban J connectivity index is 2.09. The van der Waals surface area contributed by atoms with Crippen molar-refractivity contribution in [2.24, 2.45) is 0 Å². The zero-order valence-electron chi connectivity index (χ0n) is 12.2. The van der Waals surface area contributed by atoms with Crippen LogP contribution in [0.25, 0.3) is 0 Å². The number of hydrogen-bond acceptors (Lipinski definition) is 6. The number of rotatable bonds is 6. The molecule has 0 aromatic carbocycles. The molecule has 0 aliphatic carbocycles. The zero-order chi connectivity index (χ0) is 15.5. The Bertz CT molecular complexity index is 710. The molecule has 0 aliphatic rings. The van der Waals surface area contributed by atoms with E-state index in [0.29, 0.717) is 15.9 Å². The lowest BCUT2D eigenvalue weighted by Gasteiger charge is -2.11. The molecule has 8 heteroatoms. The van der Waals surface area contributed by atoms with Gasteiger partial charge in [-0.25, -0.2) is 23.1 Å². The Hall–Kier alpha value is -1.51. The van der Waals surface area contributed by atoms with E-state index in [1.165, 1.54) is 11.3 Å². The van der Waals surface area contributed by atoms with Crippen LogP contribution in [0.4, 0.5) is 5.95 Å². The van der Waals surface area contributed by atoms with E-state index in [2.05, 4.69) is 14.7 Å². The maximum Gasteiger partial charge on any atom is 0.250 e. The minimum Gasteiger partial charge on any atom is -0.347 e. The molecule has 0 unspecified atom stereocenters. The van der Waals surface area contributed by atoms with Crippen molar-refractivity contribution in [3.8, 4) is 0 Å². The topological polar surface area (TPSA) is 75.2 Å². The molecule has 2 aromatic rings. The number of nitrogens with one attached hydrogen (secondary N) is 1. The summed E-state index contributed by atoms with van der Waals surface area (Å²) in [7, 11) is 0.183. The summed E-state index contributed by atoms with van der Waals surface area (Å²) in [5.74, 6) is 0.552. The molecule has 0 atom stereocenters. The second-order valence-electron chi connectivity index (χ2n) is 4.64. The van der Waals surface area contributed by atoms with Crippen molar-refractivity contribution < 1.29 is 8.42 Å². The SMILES string of the molecule is CCc1ccc(S(=O)(=O)NCc2ccnc(N(C)C)n2)s1. The average Bonchev–Trinajstić information content (AvgIpc) is 2.95. The van der Waals surface area contributed by atoms with E-state index in [1.807, 2.05) is 27.1 Å². The monoisotopic (exact) mass is 326 g/mol. The van der Waals surface area contributed by atoms with E-state index in [-0.39, 0.29) is 6.54 Å². The number of aromatic nitrogens is 2. The lowest BCUT2D eigenvalue weighted by atomic mass is 10.4. The van der Waals surface area contributed by atoms with Gasteiger partial charge in [-0.1, -0.05) is 6.92 Å². The second-order valence-corrected chi connectivity index (χ2v) is 7.80. The first kappa shape index (κ1) is 15.9. The van der Waals surface area contributed by atoms with Crippen LogP contribution in [0.3, 0.4) is 0 Å². The highest BCUT2D eigenvalue weighted by atomic mass is 32.2. The summed E-state index contributed by atoms with van der Waals surface area (Å²) in [5.41, 5.74) is 0.629. The van der Waals surface area contributed by atoms with Crippen LogP contribution >= 0.6 is 11.3 Å². The standard InChI is InChI=1S/C13H18N4O2S2/c1-4-11-5-6-12(20-11)21(18,19)15-9-10-7-8-14-13(16-10)17(2)3/h5-8,15H,4,9H2,1-3H3. The molecule has 114 valence electrons. The van der Waals surface area contributed by atoms with Crippen LogP contribution < -0.4 is 9.62 Å². The van der Waals surface area contributed by atoms with Gasteiger partial charge in [-0.2, -0.15) is 0 Å². The molecule has 0 saturated heterocycles. The van der Waals surface area contributed by atoms with E-state index in [4.69, 9.17) is 0 Å². The van der Waals surface area contributed by atoms with Crippen molar-refractivity contribution in [1.29, 1.82) is 0 Å². The quantitative estimate of drug-likeness (QED) is 0.873. The molecule has 0 bridgehead atoms. The lowest BCUT2D eigenvalue weighted by Crippen LogP contribution is -2.23. The van der Waals surface area contributed by atoms with E-state index in [1.54, 1.807) is 23.2 Å². The summed E-state index contributed by atoms with van der Waals surface area (Å²) < 4.78 is 27.3. The van der Waals surface area contributed by atoms with Gasteiger partial charge in [0.1, 0.15) is 4.21 Å². The zero-order valence-corrected chi connectivity index (χ0v) is 13.8. The molecule has 2 rings (SSSR count).